The molecule has 1 rings (SSSR count). The maximum atomic E-state index is 11.9. The van der Waals surface area contributed by atoms with Crippen LogP contribution in [0.4, 0.5) is 0 Å². The molecule has 0 saturated carbocycles. The van der Waals surface area contributed by atoms with Crippen LogP contribution in [-0.2, 0) is 4.79 Å². The molecule has 1 amide bonds. The van der Waals surface area contributed by atoms with Gasteiger partial charge in [-0.3, -0.25) is 4.79 Å². The highest BCUT2D eigenvalue weighted by Crippen LogP contribution is 2.29. The van der Waals surface area contributed by atoms with E-state index in [-0.39, 0.29) is 6.04 Å². The minimum Gasteiger partial charge on any atom is -0.343 e. The van der Waals surface area contributed by atoms with Crippen LogP contribution in [0.1, 0.15) is 52.9 Å². The molecule has 0 radical (unpaired) electrons. The van der Waals surface area contributed by atoms with E-state index in [1.807, 2.05) is 11.8 Å². The fourth-order valence-electron chi connectivity index (χ4n) is 2.09. The molecule has 94 valence electrons. The minimum absolute atomic E-state index is 0.216. The van der Waals surface area contributed by atoms with Crippen LogP contribution in [-0.4, -0.2) is 29.9 Å². The minimum atomic E-state index is 0.216. The molecule has 0 aromatic heterocycles. The third kappa shape index (κ3) is 4.52. The van der Waals surface area contributed by atoms with Crippen molar-refractivity contribution in [3.63, 3.8) is 0 Å². The normalized spacial score (nSPS) is 21.9. The van der Waals surface area contributed by atoms with Crippen molar-refractivity contribution >= 4 is 5.91 Å². The number of nitrogens with zero attached hydrogens (tertiary/aromatic N) is 1. The first-order valence-corrected chi connectivity index (χ1v) is 6.44. The van der Waals surface area contributed by atoms with Gasteiger partial charge in [-0.1, -0.05) is 13.8 Å². The summed E-state index contributed by atoms with van der Waals surface area (Å²) < 4.78 is 0. The van der Waals surface area contributed by atoms with Gasteiger partial charge in [0.2, 0.25) is 5.91 Å². The Balaban J connectivity index is 2.23. The summed E-state index contributed by atoms with van der Waals surface area (Å²) in [5, 5.41) is 0. The lowest BCUT2D eigenvalue weighted by Gasteiger charge is -2.37. The van der Waals surface area contributed by atoms with Gasteiger partial charge in [0.15, 0.2) is 0 Å². The quantitative estimate of drug-likeness (QED) is 0.798. The molecule has 0 aromatic rings. The van der Waals surface area contributed by atoms with Gasteiger partial charge in [0.25, 0.3) is 0 Å². The Labute approximate surface area is 99.4 Å². The molecular formula is C13H26N2O. The van der Waals surface area contributed by atoms with Crippen LogP contribution < -0.4 is 5.73 Å². The van der Waals surface area contributed by atoms with E-state index in [1.54, 1.807) is 0 Å². The highest BCUT2D eigenvalue weighted by molar-refractivity contribution is 5.76. The maximum absolute atomic E-state index is 11.9. The van der Waals surface area contributed by atoms with E-state index in [2.05, 4.69) is 13.8 Å². The first-order valence-electron chi connectivity index (χ1n) is 6.44. The molecule has 2 N–H and O–H groups in total. The summed E-state index contributed by atoms with van der Waals surface area (Å²) >= 11 is 0. The molecule has 0 bridgehead atoms. The molecule has 16 heavy (non-hydrogen) atoms. The van der Waals surface area contributed by atoms with E-state index in [0.29, 0.717) is 17.7 Å². The second kappa shape index (κ2) is 5.67. The van der Waals surface area contributed by atoms with Gasteiger partial charge in [-0.2, -0.15) is 0 Å². The Morgan fingerprint density at radius 2 is 1.94 bits per heavy atom. The van der Waals surface area contributed by atoms with Crippen LogP contribution in [0.3, 0.4) is 0 Å². The topological polar surface area (TPSA) is 46.3 Å². The van der Waals surface area contributed by atoms with Crippen LogP contribution in [0.15, 0.2) is 0 Å². The lowest BCUT2D eigenvalue weighted by Crippen LogP contribution is -2.41. The van der Waals surface area contributed by atoms with E-state index < -0.39 is 0 Å². The number of hydrogen-bond donors (Lipinski definition) is 1. The Morgan fingerprint density at radius 1 is 1.38 bits per heavy atom. The second-order valence-corrected chi connectivity index (χ2v) is 5.91. The molecule has 1 unspecified atom stereocenters. The maximum Gasteiger partial charge on any atom is 0.222 e. The molecule has 0 spiro atoms. The highest BCUT2D eigenvalue weighted by Gasteiger charge is 2.27. The molecule has 3 heteroatoms. The molecule has 1 fully saturated rings. The zero-order chi connectivity index (χ0) is 12.2. The smallest absolute Gasteiger partial charge is 0.222 e. The van der Waals surface area contributed by atoms with Crippen LogP contribution in [0, 0.1) is 5.41 Å². The van der Waals surface area contributed by atoms with Crippen molar-refractivity contribution in [3.8, 4) is 0 Å². The summed E-state index contributed by atoms with van der Waals surface area (Å²) in [7, 11) is 0. The van der Waals surface area contributed by atoms with Gasteiger partial charge in [-0.25, -0.2) is 0 Å². The summed E-state index contributed by atoms with van der Waals surface area (Å²) in [5.74, 6) is 0.316. The van der Waals surface area contributed by atoms with E-state index in [4.69, 9.17) is 5.73 Å². The van der Waals surface area contributed by atoms with E-state index in [1.165, 1.54) is 0 Å². The zero-order valence-electron chi connectivity index (χ0n) is 11.0. The number of likely N-dealkylation sites (tertiary alicyclic amines) is 1. The summed E-state index contributed by atoms with van der Waals surface area (Å²) in [6, 6.07) is 0.216. The Morgan fingerprint density at radius 3 is 2.44 bits per heavy atom. The third-order valence-corrected chi connectivity index (χ3v) is 3.52. The predicted octanol–water partition coefficient (Wildman–Crippen LogP) is 2.15. The Bertz CT molecular complexity index is 226. The van der Waals surface area contributed by atoms with Gasteiger partial charge in [0, 0.05) is 25.6 Å². The number of carbonyl (C=O) groups excluding carboxylic acids is 1. The fourth-order valence-corrected chi connectivity index (χ4v) is 2.09. The van der Waals surface area contributed by atoms with Crippen molar-refractivity contribution in [2.75, 3.05) is 13.1 Å². The average Bonchev–Trinajstić information content (AvgIpc) is 2.16. The van der Waals surface area contributed by atoms with Crippen molar-refractivity contribution in [1.29, 1.82) is 0 Å². The van der Waals surface area contributed by atoms with Crippen LogP contribution in [0.25, 0.3) is 0 Å². The van der Waals surface area contributed by atoms with Crippen molar-refractivity contribution < 1.29 is 4.79 Å². The van der Waals surface area contributed by atoms with Gasteiger partial charge in [-0.05, 0) is 38.0 Å². The first-order chi connectivity index (χ1) is 7.41. The fraction of sp³-hybridized carbons (Fsp3) is 0.923. The molecular weight excluding hydrogens is 200 g/mol. The van der Waals surface area contributed by atoms with E-state index in [0.717, 1.165) is 38.8 Å². The van der Waals surface area contributed by atoms with Gasteiger partial charge in [-0.15, -0.1) is 0 Å². The molecule has 1 saturated heterocycles. The summed E-state index contributed by atoms with van der Waals surface area (Å²) in [6.07, 6.45) is 4.81. The van der Waals surface area contributed by atoms with Gasteiger partial charge in [0.1, 0.15) is 0 Å². The van der Waals surface area contributed by atoms with Crippen molar-refractivity contribution in [2.24, 2.45) is 11.1 Å². The SMILES string of the molecule is CC(N)CCCC(=O)N1CCC(C)(C)CC1. The largest absolute Gasteiger partial charge is 0.343 e. The standard InChI is InChI=1S/C13H26N2O/c1-11(14)5-4-6-12(16)15-9-7-13(2,3)8-10-15/h11H,4-10,14H2,1-3H3. The monoisotopic (exact) mass is 226 g/mol. The third-order valence-electron chi connectivity index (χ3n) is 3.52. The molecule has 1 aliphatic heterocycles. The number of nitrogens with two attached hydrogens (primary N) is 1. The number of hydrogen-bond acceptors (Lipinski definition) is 2. The van der Waals surface area contributed by atoms with E-state index >= 15 is 0 Å². The number of amides is 1. The average molecular weight is 226 g/mol. The predicted molar refractivity (Wildman–Crippen MR) is 67.1 cm³/mol. The number of rotatable bonds is 4. The van der Waals surface area contributed by atoms with Crippen molar-refractivity contribution in [2.45, 2.75) is 58.9 Å². The Kier molecular flexibility index (Phi) is 4.78. The van der Waals surface area contributed by atoms with Crippen LogP contribution >= 0.6 is 0 Å². The van der Waals surface area contributed by atoms with Crippen molar-refractivity contribution in [1.82, 2.24) is 4.90 Å². The van der Waals surface area contributed by atoms with Gasteiger partial charge in [0.05, 0.1) is 0 Å². The van der Waals surface area contributed by atoms with E-state index in [9.17, 15) is 4.79 Å². The second-order valence-electron chi connectivity index (χ2n) is 5.91. The molecule has 3 nitrogen and oxygen atoms in total. The van der Waals surface area contributed by atoms with Crippen LogP contribution in [0.5, 0.6) is 0 Å². The highest BCUT2D eigenvalue weighted by atomic mass is 16.2. The Hall–Kier alpha value is -0.570. The number of piperidine rings is 1. The van der Waals surface area contributed by atoms with Gasteiger partial charge < -0.3 is 10.6 Å². The molecule has 0 aliphatic carbocycles. The molecule has 1 aliphatic rings. The summed E-state index contributed by atoms with van der Waals surface area (Å²) in [6.45, 7) is 8.43. The first kappa shape index (κ1) is 13.5. The molecule has 1 heterocycles. The van der Waals surface area contributed by atoms with Gasteiger partial charge >= 0.3 is 0 Å². The molecule has 0 aromatic carbocycles. The van der Waals surface area contributed by atoms with Crippen LogP contribution in [0.2, 0.25) is 0 Å². The summed E-state index contributed by atoms with van der Waals surface area (Å²) in [4.78, 5) is 13.9. The number of carbonyl (C=O) groups is 1. The lowest BCUT2D eigenvalue weighted by molar-refractivity contribution is -0.133. The van der Waals surface area contributed by atoms with Crippen molar-refractivity contribution in [3.05, 3.63) is 0 Å². The zero-order valence-corrected chi connectivity index (χ0v) is 11.0. The molecule has 1 atom stereocenters. The summed E-state index contributed by atoms with van der Waals surface area (Å²) in [5.41, 5.74) is 6.09. The lowest BCUT2D eigenvalue weighted by atomic mass is 9.82.